The predicted molar refractivity (Wildman–Crippen MR) is 62.2 cm³/mol. The Morgan fingerprint density at radius 1 is 1.25 bits per heavy atom. The summed E-state index contributed by atoms with van der Waals surface area (Å²) in [7, 11) is 0. The first-order valence-corrected chi connectivity index (χ1v) is 5.52. The molecule has 0 aliphatic rings. The van der Waals surface area contributed by atoms with Crippen LogP contribution in [0.25, 0.3) is 0 Å². The monoisotopic (exact) mass is 222 g/mol. The number of ether oxygens (including phenoxy) is 2. The Bertz CT molecular complexity index is 328. The van der Waals surface area contributed by atoms with Crippen LogP contribution in [0.15, 0.2) is 24.3 Å². The average Bonchev–Trinajstić information content (AvgIpc) is 2.28. The fourth-order valence-corrected chi connectivity index (χ4v) is 1.11. The topological polar surface area (TPSA) is 35.5 Å². The first kappa shape index (κ1) is 12.7. The molecule has 0 heterocycles. The van der Waals surface area contributed by atoms with Crippen molar-refractivity contribution in [2.24, 2.45) is 5.92 Å². The minimum absolute atomic E-state index is 0.108. The van der Waals surface area contributed by atoms with Crippen molar-refractivity contribution in [2.75, 3.05) is 6.61 Å². The molecule has 0 spiro atoms. The number of rotatable bonds is 5. The van der Waals surface area contributed by atoms with E-state index in [9.17, 15) is 4.79 Å². The second-order valence-corrected chi connectivity index (χ2v) is 3.86. The lowest BCUT2D eigenvalue weighted by Crippen LogP contribution is -2.14. The fourth-order valence-electron chi connectivity index (χ4n) is 1.11. The van der Waals surface area contributed by atoms with Crippen molar-refractivity contribution in [1.82, 2.24) is 0 Å². The molecule has 0 bridgehead atoms. The Balaban J connectivity index is 2.54. The van der Waals surface area contributed by atoms with E-state index in [4.69, 9.17) is 9.47 Å². The van der Waals surface area contributed by atoms with Gasteiger partial charge in [0.15, 0.2) is 0 Å². The van der Waals surface area contributed by atoms with Gasteiger partial charge in [0, 0.05) is 6.61 Å². The molecule has 0 N–H and O–H groups in total. The number of hydrogen-bond acceptors (Lipinski definition) is 3. The molecule has 0 aromatic heterocycles. The van der Waals surface area contributed by atoms with Crippen LogP contribution < -0.4 is 4.74 Å². The number of carbonyl (C=O) groups is 1. The Labute approximate surface area is 96.4 Å². The number of benzene rings is 1. The smallest absolute Gasteiger partial charge is 0.313 e. The zero-order chi connectivity index (χ0) is 12.0. The van der Waals surface area contributed by atoms with Crippen LogP contribution in [0.4, 0.5) is 0 Å². The number of hydrogen-bond donors (Lipinski definition) is 0. The third-order valence-electron chi connectivity index (χ3n) is 2.09. The van der Waals surface area contributed by atoms with E-state index < -0.39 is 0 Å². The molecule has 0 aliphatic carbocycles. The van der Waals surface area contributed by atoms with Crippen LogP contribution in [0.5, 0.6) is 5.75 Å². The van der Waals surface area contributed by atoms with Crippen molar-refractivity contribution >= 4 is 5.97 Å². The van der Waals surface area contributed by atoms with Gasteiger partial charge in [-0.2, -0.15) is 0 Å². The van der Waals surface area contributed by atoms with Crippen molar-refractivity contribution in [1.29, 1.82) is 0 Å². The minimum Gasteiger partial charge on any atom is -0.426 e. The zero-order valence-corrected chi connectivity index (χ0v) is 10.0. The Morgan fingerprint density at radius 2 is 1.88 bits per heavy atom. The van der Waals surface area contributed by atoms with Crippen LogP contribution in [-0.4, -0.2) is 12.6 Å². The van der Waals surface area contributed by atoms with Crippen molar-refractivity contribution < 1.29 is 14.3 Å². The van der Waals surface area contributed by atoms with Gasteiger partial charge in [0.25, 0.3) is 0 Å². The van der Waals surface area contributed by atoms with Crippen molar-refractivity contribution in [3.63, 3.8) is 0 Å². The van der Waals surface area contributed by atoms with Gasteiger partial charge in [0.05, 0.1) is 12.5 Å². The predicted octanol–water partition coefficient (Wildman–Crippen LogP) is 2.78. The zero-order valence-electron chi connectivity index (χ0n) is 10.0. The van der Waals surface area contributed by atoms with E-state index in [1.807, 2.05) is 32.9 Å². The van der Waals surface area contributed by atoms with E-state index in [0.29, 0.717) is 19.0 Å². The highest BCUT2D eigenvalue weighted by Gasteiger charge is 2.09. The van der Waals surface area contributed by atoms with Crippen LogP contribution >= 0.6 is 0 Å². The molecule has 0 aliphatic heterocycles. The highest BCUT2D eigenvalue weighted by atomic mass is 16.5. The molecule has 1 aromatic carbocycles. The first-order valence-electron chi connectivity index (χ1n) is 5.52. The van der Waals surface area contributed by atoms with Gasteiger partial charge in [-0.05, 0) is 24.6 Å². The maximum atomic E-state index is 11.3. The molecular weight excluding hydrogens is 204 g/mol. The van der Waals surface area contributed by atoms with E-state index in [2.05, 4.69) is 0 Å². The maximum absolute atomic E-state index is 11.3. The van der Waals surface area contributed by atoms with Gasteiger partial charge in [0.2, 0.25) is 0 Å². The summed E-state index contributed by atoms with van der Waals surface area (Å²) < 4.78 is 10.4. The minimum atomic E-state index is -0.211. The van der Waals surface area contributed by atoms with Gasteiger partial charge < -0.3 is 9.47 Å². The molecule has 0 amide bonds. The number of carbonyl (C=O) groups excluding carboxylic acids is 1. The Hall–Kier alpha value is -1.35. The normalized spacial score (nSPS) is 10.5. The summed E-state index contributed by atoms with van der Waals surface area (Å²) in [4.78, 5) is 11.3. The van der Waals surface area contributed by atoms with Gasteiger partial charge >= 0.3 is 5.97 Å². The lowest BCUT2D eigenvalue weighted by atomic mass is 10.2. The summed E-state index contributed by atoms with van der Waals surface area (Å²) in [6.45, 7) is 6.87. The standard InChI is InChI=1S/C13H18O3/c1-4-15-9-11-5-7-12(8-6-11)16-13(14)10(2)3/h5-8,10H,4,9H2,1-3H3. The molecule has 3 nitrogen and oxygen atoms in total. The van der Waals surface area contributed by atoms with Crippen molar-refractivity contribution in [2.45, 2.75) is 27.4 Å². The van der Waals surface area contributed by atoms with Gasteiger partial charge in [-0.15, -0.1) is 0 Å². The quantitative estimate of drug-likeness (QED) is 0.567. The molecule has 0 saturated heterocycles. The molecule has 88 valence electrons. The van der Waals surface area contributed by atoms with Crippen LogP contribution in [-0.2, 0) is 16.1 Å². The Morgan fingerprint density at radius 3 is 2.38 bits per heavy atom. The van der Waals surface area contributed by atoms with Gasteiger partial charge in [-0.3, -0.25) is 4.79 Å². The SMILES string of the molecule is CCOCc1ccc(OC(=O)C(C)C)cc1. The second-order valence-electron chi connectivity index (χ2n) is 3.86. The molecular formula is C13H18O3. The molecule has 0 unspecified atom stereocenters. The largest absolute Gasteiger partial charge is 0.426 e. The van der Waals surface area contributed by atoms with Crippen LogP contribution in [0.3, 0.4) is 0 Å². The molecule has 0 atom stereocenters. The summed E-state index contributed by atoms with van der Waals surface area (Å²) >= 11 is 0. The van der Waals surface area contributed by atoms with Crippen LogP contribution in [0.1, 0.15) is 26.3 Å². The third kappa shape index (κ3) is 4.03. The Kier molecular flexibility index (Phi) is 4.99. The molecule has 3 heteroatoms. The van der Waals surface area contributed by atoms with E-state index in [0.717, 1.165) is 5.56 Å². The lowest BCUT2D eigenvalue weighted by molar-refractivity contribution is -0.137. The van der Waals surface area contributed by atoms with Crippen molar-refractivity contribution in [3.8, 4) is 5.75 Å². The van der Waals surface area contributed by atoms with Gasteiger partial charge in [-0.25, -0.2) is 0 Å². The molecule has 16 heavy (non-hydrogen) atoms. The van der Waals surface area contributed by atoms with Crippen LogP contribution in [0.2, 0.25) is 0 Å². The first-order chi connectivity index (χ1) is 7.63. The summed E-state index contributed by atoms with van der Waals surface area (Å²) in [6.07, 6.45) is 0. The summed E-state index contributed by atoms with van der Waals surface area (Å²) in [6, 6.07) is 7.38. The highest BCUT2D eigenvalue weighted by Crippen LogP contribution is 2.14. The van der Waals surface area contributed by atoms with Crippen LogP contribution in [0, 0.1) is 5.92 Å². The average molecular weight is 222 g/mol. The summed E-state index contributed by atoms with van der Waals surface area (Å²) in [5.74, 6) is 0.264. The number of esters is 1. The highest BCUT2D eigenvalue weighted by molar-refractivity contribution is 5.74. The third-order valence-corrected chi connectivity index (χ3v) is 2.09. The molecule has 1 rings (SSSR count). The van der Waals surface area contributed by atoms with Gasteiger partial charge in [-0.1, -0.05) is 26.0 Å². The fraction of sp³-hybridized carbons (Fsp3) is 0.462. The van der Waals surface area contributed by atoms with E-state index >= 15 is 0 Å². The summed E-state index contributed by atoms with van der Waals surface area (Å²) in [5.41, 5.74) is 1.08. The molecule has 1 aromatic rings. The molecule has 0 fully saturated rings. The molecule has 0 saturated carbocycles. The van der Waals surface area contributed by atoms with E-state index in [1.54, 1.807) is 12.1 Å². The van der Waals surface area contributed by atoms with E-state index in [-0.39, 0.29) is 11.9 Å². The second kappa shape index (κ2) is 6.28. The maximum Gasteiger partial charge on any atom is 0.313 e. The molecule has 0 radical (unpaired) electrons. The van der Waals surface area contributed by atoms with Crippen molar-refractivity contribution in [3.05, 3.63) is 29.8 Å². The lowest BCUT2D eigenvalue weighted by Gasteiger charge is -2.07. The van der Waals surface area contributed by atoms with Gasteiger partial charge in [0.1, 0.15) is 5.75 Å². The summed E-state index contributed by atoms with van der Waals surface area (Å²) in [5, 5.41) is 0. The van der Waals surface area contributed by atoms with E-state index in [1.165, 1.54) is 0 Å².